The number of amides is 1. The molecule has 0 spiro atoms. The maximum atomic E-state index is 11.5. The maximum Gasteiger partial charge on any atom is 0.229 e. The predicted octanol–water partition coefficient (Wildman–Crippen LogP) is 1.78. The highest BCUT2D eigenvalue weighted by molar-refractivity contribution is 5.90. The fraction of sp³-hybridized carbons (Fsp3) is 0.556. The molecule has 72 valence electrons. The number of aromatic amines is 1. The number of nitrogens with one attached hydrogen (secondary N) is 2. The molecule has 1 amide bonds. The zero-order valence-corrected chi connectivity index (χ0v) is 8.00. The highest BCUT2D eigenvalue weighted by atomic mass is 16.2. The van der Waals surface area contributed by atoms with Crippen LogP contribution in [-0.4, -0.2) is 15.9 Å². The average Bonchev–Trinajstić information content (AvgIpc) is 2.59. The lowest BCUT2D eigenvalue weighted by molar-refractivity contribution is -0.120. The summed E-state index contributed by atoms with van der Waals surface area (Å²) in [4.78, 5) is 18.2. The van der Waals surface area contributed by atoms with Crippen LogP contribution in [0.2, 0.25) is 0 Å². The summed E-state index contributed by atoms with van der Waals surface area (Å²) in [5.74, 6) is 0.655. The number of carbonyl (C=O) groups is 1. The summed E-state index contributed by atoms with van der Waals surface area (Å²) >= 11 is 0. The minimum Gasteiger partial charge on any atom is -0.331 e. The number of rotatable bonds is 4. The quantitative estimate of drug-likeness (QED) is 0.743. The molecular weight excluding hydrogens is 166 g/mol. The zero-order valence-electron chi connectivity index (χ0n) is 8.00. The Hall–Kier alpha value is -1.32. The van der Waals surface area contributed by atoms with E-state index in [0.29, 0.717) is 5.95 Å². The fourth-order valence-electron chi connectivity index (χ4n) is 1.21. The van der Waals surface area contributed by atoms with Gasteiger partial charge in [0.1, 0.15) is 0 Å². The second-order valence-electron chi connectivity index (χ2n) is 2.94. The van der Waals surface area contributed by atoms with Crippen molar-refractivity contribution in [3.05, 3.63) is 12.4 Å². The van der Waals surface area contributed by atoms with Gasteiger partial charge in [-0.1, -0.05) is 13.8 Å². The van der Waals surface area contributed by atoms with Gasteiger partial charge in [-0.2, -0.15) is 0 Å². The number of imidazole rings is 1. The third-order valence-electron chi connectivity index (χ3n) is 2.10. The molecule has 0 saturated carbocycles. The van der Waals surface area contributed by atoms with E-state index in [-0.39, 0.29) is 11.8 Å². The maximum absolute atomic E-state index is 11.5. The number of hydrogen-bond donors (Lipinski definition) is 2. The molecule has 0 unspecified atom stereocenters. The molecule has 0 bridgehead atoms. The first kappa shape index (κ1) is 9.77. The van der Waals surface area contributed by atoms with Crippen molar-refractivity contribution in [1.29, 1.82) is 0 Å². The number of H-pyrrole nitrogens is 1. The van der Waals surface area contributed by atoms with Crippen molar-refractivity contribution in [1.82, 2.24) is 9.97 Å². The van der Waals surface area contributed by atoms with Crippen LogP contribution in [0.15, 0.2) is 12.4 Å². The molecule has 0 atom stereocenters. The van der Waals surface area contributed by atoms with Gasteiger partial charge in [0.15, 0.2) is 0 Å². The Kier molecular flexibility index (Phi) is 3.49. The Balaban J connectivity index is 2.49. The van der Waals surface area contributed by atoms with Crippen LogP contribution in [0, 0.1) is 5.92 Å². The fourth-order valence-corrected chi connectivity index (χ4v) is 1.21. The van der Waals surface area contributed by atoms with E-state index in [1.165, 1.54) is 0 Å². The normalized spacial score (nSPS) is 10.4. The van der Waals surface area contributed by atoms with E-state index in [4.69, 9.17) is 0 Å². The minimum absolute atomic E-state index is 0.0416. The van der Waals surface area contributed by atoms with Crippen molar-refractivity contribution >= 4 is 11.9 Å². The predicted molar refractivity (Wildman–Crippen MR) is 51.3 cm³/mol. The highest BCUT2D eigenvalue weighted by Gasteiger charge is 2.14. The van der Waals surface area contributed by atoms with Crippen molar-refractivity contribution in [3.63, 3.8) is 0 Å². The van der Waals surface area contributed by atoms with Crippen LogP contribution >= 0.6 is 0 Å². The van der Waals surface area contributed by atoms with E-state index in [0.717, 1.165) is 12.8 Å². The Morgan fingerprint density at radius 1 is 1.62 bits per heavy atom. The van der Waals surface area contributed by atoms with Crippen LogP contribution < -0.4 is 5.32 Å². The number of aromatic nitrogens is 2. The van der Waals surface area contributed by atoms with E-state index >= 15 is 0 Å². The molecule has 0 radical (unpaired) electrons. The number of anilines is 1. The molecule has 0 aliphatic carbocycles. The molecule has 1 rings (SSSR count). The van der Waals surface area contributed by atoms with E-state index in [9.17, 15) is 4.79 Å². The van der Waals surface area contributed by atoms with Gasteiger partial charge in [-0.25, -0.2) is 4.98 Å². The van der Waals surface area contributed by atoms with Gasteiger partial charge in [-0.3, -0.25) is 10.1 Å². The molecule has 0 saturated heterocycles. The molecule has 13 heavy (non-hydrogen) atoms. The van der Waals surface area contributed by atoms with Crippen LogP contribution in [0.3, 0.4) is 0 Å². The van der Waals surface area contributed by atoms with Crippen molar-refractivity contribution in [2.75, 3.05) is 5.32 Å². The molecule has 4 nitrogen and oxygen atoms in total. The van der Waals surface area contributed by atoms with Gasteiger partial charge < -0.3 is 4.98 Å². The molecule has 4 heteroatoms. The first-order valence-electron chi connectivity index (χ1n) is 4.58. The van der Waals surface area contributed by atoms with Gasteiger partial charge in [-0.15, -0.1) is 0 Å². The van der Waals surface area contributed by atoms with Crippen molar-refractivity contribution in [2.45, 2.75) is 26.7 Å². The molecule has 0 fully saturated rings. The van der Waals surface area contributed by atoms with E-state index in [1.54, 1.807) is 12.4 Å². The SMILES string of the molecule is CCC(CC)C(=O)Nc1ncc[nH]1. The van der Waals surface area contributed by atoms with Crippen molar-refractivity contribution in [3.8, 4) is 0 Å². The van der Waals surface area contributed by atoms with Crippen molar-refractivity contribution in [2.24, 2.45) is 5.92 Å². The lowest BCUT2D eigenvalue weighted by Gasteiger charge is -2.10. The zero-order chi connectivity index (χ0) is 9.68. The molecule has 1 aromatic rings. The number of hydrogen-bond acceptors (Lipinski definition) is 2. The first-order valence-corrected chi connectivity index (χ1v) is 4.58. The van der Waals surface area contributed by atoms with Gasteiger partial charge in [0.2, 0.25) is 11.9 Å². The summed E-state index contributed by atoms with van der Waals surface area (Å²) in [7, 11) is 0. The van der Waals surface area contributed by atoms with Crippen LogP contribution in [0.5, 0.6) is 0 Å². The smallest absolute Gasteiger partial charge is 0.229 e. The van der Waals surface area contributed by atoms with Crippen LogP contribution in [0.4, 0.5) is 5.95 Å². The second-order valence-corrected chi connectivity index (χ2v) is 2.94. The number of nitrogens with zero attached hydrogens (tertiary/aromatic N) is 1. The van der Waals surface area contributed by atoms with Gasteiger partial charge in [0.25, 0.3) is 0 Å². The van der Waals surface area contributed by atoms with Gasteiger partial charge in [0.05, 0.1) is 0 Å². The lowest BCUT2D eigenvalue weighted by atomic mass is 10.0. The standard InChI is InChI=1S/C9H15N3O/c1-3-7(4-2)8(13)12-9-10-5-6-11-9/h5-7H,3-4H2,1-2H3,(H2,10,11,12,13). The van der Waals surface area contributed by atoms with Crippen molar-refractivity contribution < 1.29 is 4.79 Å². The largest absolute Gasteiger partial charge is 0.331 e. The summed E-state index contributed by atoms with van der Waals surface area (Å²) < 4.78 is 0. The van der Waals surface area contributed by atoms with E-state index < -0.39 is 0 Å². The Bertz CT molecular complexity index is 252. The molecular formula is C9H15N3O. The first-order chi connectivity index (χ1) is 6.27. The third-order valence-corrected chi connectivity index (χ3v) is 2.10. The summed E-state index contributed by atoms with van der Waals surface area (Å²) in [6.07, 6.45) is 5.02. The van der Waals surface area contributed by atoms with E-state index in [1.807, 2.05) is 13.8 Å². The van der Waals surface area contributed by atoms with E-state index in [2.05, 4.69) is 15.3 Å². The summed E-state index contributed by atoms with van der Waals surface area (Å²) in [5, 5.41) is 2.72. The second kappa shape index (κ2) is 4.64. The highest BCUT2D eigenvalue weighted by Crippen LogP contribution is 2.09. The van der Waals surface area contributed by atoms with Crippen LogP contribution in [0.1, 0.15) is 26.7 Å². The third kappa shape index (κ3) is 2.57. The molecule has 0 aliphatic rings. The topological polar surface area (TPSA) is 57.8 Å². The summed E-state index contributed by atoms with van der Waals surface area (Å²) in [6.45, 7) is 4.02. The average molecular weight is 181 g/mol. The number of carbonyl (C=O) groups excluding carboxylic acids is 1. The Labute approximate surface area is 77.8 Å². The minimum atomic E-state index is 0.0416. The van der Waals surface area contributed by atoms with Crippen LogP contribution in [0.25, 0.3) is 0 Å². The Morgan fingerprint density at radius 2 is 2.31 bits per heavy atom. The van der Waals surface area contributed by atoms with Crippen LogP contribution in [-0.2, 0) is 4.79 Å². The summed E-state index contributed by atoms with van der Waals surface area (Å²) in [6, 6.07) is 0. The molecule has 2 N–H and O–H groups in total. The monoisotopic (exact) mass is 181 g/mol. The molecule has 1 aromatic heterocycles. The molecule has 1 heterocycles. The Morgan fingerprint density at radius 3 is 2.77 bits per heavy atom. The van der Waals surface area contributed by atoms with Gasteiger partial charge >= 0.3 is 0 Å². The molecule has 0 aromatic carbocycles. The summed E-state index contributed by atoms with van der Waals surface area (Å²) in [5.41, 5.74) is 0. The molecule has 0 aliphatic heterocycles. The lowest BCUT2D eigenvalue weighted by Crippen LogP contribution is -2.22. The van der Waals surface area contributed by atoms with Gasteiger partial charge in [0, 0.05) is 18.3 Å². The van der Waals surface area contributed by atoms with Gasteiger partial charge in [-0.05, 0) is 12.8 Å².